The van der Waals surface area contributed by atoms with Gasteiger partial charge in [0.05, 0.1) is 16.3 Å². The molecular formula is C16H16ClF3N5OS+. The number of carbonyl (C=O) groups is 1. The molecule has 0 saturated carbocycles. The van der Waals surface area contributed by atoms with Gasteiger partial charge in [-0.05, 0) is 30.3 Å². The van der Waals surface area contributed by atoms with Crippen LogP contribution in [0.5, 0.6) is 0 Å². The van der Waals surface area contributed by atoms with Crippen LogP contribution in [0.25, 0.3) is 0 Å². The molecule has 0 unspecified atom stereocenters. The highest BCUT2D eigenvalue weighted by atomic mass is 35.5. The molecule has 6 nitrogen and oxygen atoms in total. The fourth-order valence-corrected chi connectivity index (χ4v) is 3.03. The van der Waals surface area contributed by atoms with Gasteiger partial charge >= 0.3 is 6.18 Å². The molecule has 2 aromatic carbocycles. The minimum atomic E-state index is -4.60. The Bertz CT molecular complexity index is 860. The van der Waals surface area contributed by atoms with E-state index in [-0.39, 0.29) is 11.4 Å². The van der Waals surface area contributed by atoms with Crippen LogP contribution in [0.15, 0.2) is 47.4 Å². The van der Waals surface area contributed by atoms with Gasteiger partial charge in [0.1, 0.15) is 0 Å². The molecule has 144 valence electrons. The number of amides is 1. The largest absolute Gasteiger partial charge is 0.417 e. The van der Waals surface area contributed by atoms with E-state index >= 15 is 0 Å². The number of hydrazine groups is 2. The molecule has 0 saturated heterocycles. The SMILES string of the molecule is NN/C=[N+](\N)c1cccc(SCC(=O)Nc2ccc(Cl)c(C(F)(F)F)c2)c1. The van der Waals surface area contributed by atoms with E-state index in [1.54, 1.807) is 24.3 Å². The first-order valence-corrected chi connectivity index (χ1v) is 8.80. The van der Waals surface area contributed by atoms with Gasteiger partial charge < -0.3 is 5.32 Å². The highest BCUT2D eigenvalue weighted by Crippen LogP contribution is 2.36. The first-order valence-electron chi connectivity index (χ1n) is 7.43. The minimum Gasteiger partial charge on any atom is -0.325 e. The average Bonchev–Trinajstić information content (AvgIpc) is 2.61. The standard InChI is InChI=1S/C16H15ClF3N5OS/c17-14-5-4-10(6-13(14)16(18,19)20)24-15(26)8-27-12-3-1-2-11(7-12)25(22)9-23-21/h1-7,9H,8,21-22H2,(H,24,26)/p+1. The second-order valence-electron chi connectivity index (χ2n) is 5.23. The number of thioether (sulfide) groups is 1. The highest BCUT2D eigenvalue weighted by molar-refractivity contribution is 8.00. The van der Waals surface area contributed by atoms with E-state index in [0.717, 1.165) is 17.0 Å². The summed E-state index contributed by atoms with van der Waals surface area (Å²) in [6, 6.07) is 10.2. The first-order chi connectivity index (χ1) is 12.7. The third-order valence-corrected chi connectivity index (χ3v) is 4.58. The number of alkyl halides is 3. The van der Waals surface area contributed by atoms with Crippen LogP contribution >= 0.6 is 23.4 Å². The lowest BCUT2D eigenvalue weighted by Gasteiger charge is -2.11. The number of benzene rings is 2. The van der Waals surface area contributed by atoms with Crippen molar-refractivity contribution < 1.29 is 22.7 Å². The lowest BCUT2D eigenvalue weighted by atomic mass is 10.2. The molecule has 27 heavy (non-hydrogen) atoms. The fourth-order valence-electron chi connectivity index (χ4n) is 2.05. The van der Waals surface area contributed by atoms with Crippen molar-refractivity contribution in [2.24, 2.45) is 11.7 Å². The Morgan fingerprint density at radius 2 is 2.00 bits per heavy atom. The van der Waals surface area contributed by atoms with Gasteiger partial charge in [-0.15, -0.1) is 16.4 Å². The number of halogens is 4. The molecule has 2 aromatic rings. The Labute approximate surface area is 162 Å². The van der Waals surface area contributed by atoms with Crippen molar-refractivity contribution in [3.63, 3.8) is 0 Å². The van der Waals surface area contributed by atoms with Gasteiger partial charge in [0, 0.05) is 16.6 Å². The normalized spacial score (nSPS) is 12.0. The number of hydrogen-bond donors (Lipinski definition) is 4. The van der Waals surface area contributed by atoms with Crippen LogP contribution in [-0.2, 0) is 11.0 Å². The smallest absolute Gasteiger partial charge is 0.325 e. The highest BCUT2D eigenvalue weighted by Gasteiger charge is 2.33. The van der Waals surface area contributed by atoms with Crippen LogP contribution in [0, 0.1) is 0 Å². The quantitative estimate of drug-likeness (QED) is 0.144. The number of nitrogens with zero attached hydrogens (tertiary/aromatic N) is 1. The predicted molar refractivity (Wildman–Crippen MR) is 99.7 cm³/mol. The maximum atomic E-state index is 12.9. The van der Waals surface area contributed by atoms with Crippen LogP contribution in [0.2, 0.25) is 5.02 Å². The van der Waals surface area contributed by atoms with Crippen LogP contribution in [0.3, 0.4) is 0 Å². The van der Waals surface area contributed by atoms with Gasteiger partial charge in [-0.25, -0.2) is 5.43 Å². The lowest BCUT2D eigenvalue weighted by molar-refractivity contribution is -0.449. The summed E-state index contributed by atoms with van der Waals surface area (Å²) in [5.41, 5.74) is 1.94. The zero-order valence-electron chi connectivity index (χ0n) is 13.8. The molecule has 2 rings (SSSR count). The van der Waals surface area contributed by atoms with Crippen molar-refractivity contribution in [1.29, 1.82) is 0 Å². The van der Waals surface area contributed by atoms with Crippen molar-refractivity contribution in [2.45, 2.75) is 11.1 Å². The van der Waals surface area contributed by atoms with Gasteiger partial charge in [-0.3, -0.25) is 10.6 Å². The molecule has 1 amide bonds. The van der Waals surface area contributed by atoms with E-state index in [1.165, 1.54) is 28.9 Å². The maximum absolute atomic E-state index is 12.9. The minimum absolute atomic E-state index is 0.00312. The van der Waals surface area contributed by atoms with E-state index in [2.05, 4.69) is 10.7 Å². The second-order valence-corrected chi connectivity index (χ2v) is 6.69. The van der Waals surface area contributed by atoms with Crippen molar-refractivity contribution in [3.8, 4) is 0 Å². The lowest BCUT2D eigenvalue weighted by Crippen LogP contribution is -2.28. The van der Waals surface area contributed by atoms with Crippen molar-refractivity contribution >= 4 is 47.0 Å². The molecule has 0 aliphatic heterocycles. The average molecular weight is 419 g/mol. The summed E-state index contributed by atoms with van der Waals surface area (Å²) in [7, 11) is 0. The molecular weight excluding hydrogens is 403 g/mol. The van der Waals surface area contributed by atoms with Crippen LogP contribution in [0.4, 0.5) is 24.5 Å². The predicted octanol–water partition coefficient (Wildman–Crippen LogP) is 3.10. The Kier molecular flexibility index (Phi) is 6.94. The van der Waals surface area contributed by atoms with Crippen molar-refractivity contribution in [1.82, 2.24) is 5.43 Å². The molecule has 6 N–H and O–H groups in total. The summed E-state index contributed by atoms with van der Waals surface area (Å²) in [5, 5.41) is 1.99. The summed E-state index contributed by atoms with van der Waals surface area (Å²) in [6.07, 6.45) is -3.26. The van der Waals surface area contributed by atoms with Crippen molar-refractivity contribution in [2.75, 3.05) is 11.1 Å². The third kappa shape index (κ3) is 6.05. The number of rotatable bonds is 6. The fraction of sp³-hybridized carbons (Fsp3) is 0.125. The molecule has 0 atom stereocenters. The van der Waals surface area contributed by atoms with Gasteiger partial charge in [0.2, 0.25) is 5.91 Å². The van der Waals surface area contributed by atoms with Crippen LogP contribution in [0.1, 0.15) is 5.56 Å². The van der Waals surface area contributed by atoms with Gasteiger partial charge in [-0.1, -0.05) is 17.7 Å². The molecule has 0 fully saturated rings. The molecule has 0 spiro atoms. The number of anilines is 1. The number of nitrogens with one attached hydrogen (secondary N) is 2. The van der Waals surface area contributed by atoms with Gasteiger partial charge in [-0.2, -0.15) is 19.0 Å². The van der Waals surface area contributed by atoms with E-state index in [9.17, 15) is 18.0 Å². The second kappa shape index (κ2) is 8.98. The zero-order chi connectivity index (χ0) is 20.0. The van der Waals surface area contributed by atoms with E-state index < -0.39 is 22.7 Å². The third-order valence-electron chi connectivity index (χ3n) is 3.25. The summed E-state index contributed by atoms with van der Waals surface area (Å²) in [4.78, 5) is 12.8. The molecule has 0 aromatic heterocycles. The van der Waals surface area contributed by atoms with Gasteiger partial charge in [0.15, 0.2) is 5.69 Å². The van der Waals surface area contributed by atoms with Crippen molar-refractivity contribution in [3.05, 3.63) is 53.1 Å². The van der Waals surface area contributed by atoms with E-state index in [4.69, 9.17) is 23.3 Å². The molecule has 0 radical (unpaired) electrons. The Morgan fingerprint density at radius 1 is 1.26 bits per heavy atom. The number of carbonyl (C=O) groups excluding carboxylic acids is 1. The Hall–Kier alpha value is -2.43. The number of nitrogens with two attached hydrogens (primary N) is 2. The summed E-state index contributed by atoms with van der Waals surface area (Å²) in [6.45, 7) is 0. The van der Waals surface area contributed by atoms with E-state index in [0.29, 0.717) is 5.69 Å². The molecule has 11 heteroatoms. The monoisotopic (exact) mass is 418 g/mol. The Balaban J connectivity index is 2.01. The zero-order valence-corrected chi connectivity index (χ0v) is 15.3. The first kappa shape index (κ1) is 20.9. The summed E-state index contributed by atoms with van der Waals surface area (Å²) in [5.74, 6) is 10.4. The molecule has 0 bridgehead atoms. The molecule has 0 aliphatic carbocycles. The summed E-state index contributed by atoms with van der Waals surface area (Å²) < 4.78 is 39.9. The van der Waals surface area contributed by atoms with Crippen LogP contribution in [-0.4, -0.2) is 22.7 Å². The number of hydrogen-bond acceptors (Lipinski definition) is 4. The molecule has 0 heterocycles. The summed E-state index contributed by atoms with van der Waals surface area (Å²) >= 11 is 6.76. The Morgan fingerprint density at radius 3 is 2.67 bits per heavy atom. The number of hydrazone groups is 1. The molecule has 0 aliphatic rings. The van der Waals surface area contributed by atoms with Gasteiger partial charge in [0.25, 0.3) is 6.34 Å². The van der Waals surface area contributed by atoms with Crippen LogP contribution < -0.4 is 22.4 Å². The van der Waals surface area contributed by atoms with E-state index in [1.807, 2.05) is 0 Å². The topological polar surface area (TPSA) is 96.2 Å². The maximum Gasteiger partial charge on any atom is 0.417 e.